The van der Waals surface area contributed by atoms with Crippen LogP contribution in [0, 0.1) is 0 Å². The van der Waals surface area contributed by atoms with Gasteiger partial charge in [-0.15, -0.1) is 0 Å². The van der Waals surface area contributed by atoms with E-state index in [0.29, 0.717) is 11.7 Å². The van der Waals surface area contributed by atoms with E-state index in [2.05, 4.69) is 15.0 Å². The topological polar surface area (TPSA) is 55.4 Å². The van der Waals surface area contributed by atoms with Crippen molar-refractivity contribution in [2.45, 2.75) is 12.5 Å². The second-order valence-electron chi connectivity index (χ2n) is 5.26. The first-order chi connectivity index (χ1) is 10.3. The van der Waals surface area contributed by atoms with Crippen LogP contribution >= 0.6 is 0 Å². The smallest absolute Gasteiger partial charge is 0.259 e. The van der Waals surface area contributed by atoms with Crippen LogP contribution in [0.15, 0.2) is 53.7 Å². The SMILES string of the molecule is O=c1cc(N2CCC(n3cccn3)C2)nc2ccccn12. The number of aromatic nitrogens is 4. The summed E-state index contributed by atoms with van der Waals surface area (Å²) in [7, 11) is 0. The molecule has 4 rings (SSSR count). The molecule has 0 saturated carbocycles. The summed E-state index contributed by atoms with van der Waals surface area (Å²) in [5.74, 6) is 0.751. The fraction of sp³-hybridized carbons (Fsp3) is 0.267. The van der Waals surface area contributed by atoms with E-state index >= 15 is 0 Å². The number of hydrogen-bond acceptors (Lipinski definition) is 4. The van der Waals surface area contributed by atoms with Crippen molar-refractivity contribution in [2.75, 3.05) is 18.0 Å². The van der Waals surface area contributed by atoms with Gasteiger partial charge in [-0.3, -0.25) is 13.9 Å². The second-order valence-corrected chi connectivity index (χ2v) is 5.26. The van der Waals surface area contributed by atoms with Crippen molar-refractivity contribution >= 4 is 11.5 Å². The molecule has 0 bridgehead atoms. The van der Waals surface area contributed by atoms with Crippen LogP contribution in [0.4, 0.5) is 5.82 Å². The number of pyridine rings is 1. The van der Waals surface area contributed by atoms with E-state index in [1.807, 2.05) is 35.1 Å². The lowest BCUT2D eigenvalue weighted by atomic mass is 10.3. The summed E-state index contributed by atoms with van der Waals surface area (Å²) in [4.78, 5) is 18.9. The van der Waals surface area contributed by atoms with Gasteiger partial charge in [0, 0.05) is 37.7 Å². The lowest BCUT2D eigenvalue weighted by molar-refractivity contribution is 0.494. The van der Waals surface area contributed by atoms with E-state index in [1.165, 1.54) is 0 Å². The van der Waals surface area contributed by atoms with Gasteiger partial charge in [0.25, 0.3) is 5.56 Å². The number of anilines is 1. The number of nitrogens with zero attached hydrogens (tertiary/aromatic N) is 5. The fourth-order valence-electron chi connectivity index (χ4n) is 2.87. The first-order valence-corrected chi connectivity index (χ1v) is 7.04. The Bertz CT molecular complexity index is 823. The zero-order chi connectivity index (χ0) is 14.2. The van der Waals surface area contributed by atoms with Gasteiger partial charge in [-0.05, 0) is 24.6 Å². The normalized spacial score (nSPS) is 18.5. The molecule has 4 heterocycles. The molecule has 6 nitrogen and oxygen atoms in total. The summed E-state index contributed by atoms with van der Waals surface area (Å²) >= 11 is 0. The van der Waals surface area contributed by atoms with E-state index in [4.69, 9.17) is 0 Å². The van der Waals surface area contributed by atoms with Crippen LogP contribution < -0.4 is 10.5 Å². The standard InChI is InChI=1S/C15H15N5O/c21-15-10-14(17-13-4-1-2-7-19(13)15)18-9-5-12(11-18)20-8-3-6-16-20/h1-4,6-8,10,12H,5,9,11H2. The zero-order valence-electron chi connectivity index (χ0n) is 11.5. The lowest BCUT2D eigenvalue weighted by Gasteiger charge is -2.17. The van der Waals surface area contributed by atoms with Crippen molar-refractivity contribution < 1.29 is 0 Å². The highest BCUT2D eigenvalue weighted by Crippen LogP contribution is 2.24. The average Bonchev–Trinajstić information content (AvgIpc) is 3.18. The Labute approximate surface area is 121 Å². The Morgan fingerprint density at radius 3 is 3.00 bits per heavy atom. The third-order valence-corrected chi connectivity index (χ3v) is 3.94. The summed E-state index contributed by atoms with van der Waals surface area (Å²) in [5.41, 5.74) is 0.640. The maximum absolute atomic E-state index is 12.1. The maximum Gasteiger partial charge on any atom is 0.259 e. The Morgan fingerprint density at radius 2 is 2.14 bits per heavy atom. The molecule has 1 unspecified atom stereocenters. The van der Waals surface area contributed by atoms with Crippen LogP contribution in [0.2, 0.25) is 0 Å². The highest BCUT2D eigenvalue weighted by atomic mass is 16.1. The lowest BCUT2D eigenvalue weighted by Crippen LogP contribution is -2.25. The molecular weight excluding hydrogens is 266 g/mol. The van der Waals surface area contributed by atoms with Crippen LogP contribution in [0.5, 0.6) is 0 Å². The Hall–Kier alpha value is -2.63. The average molecular weight is 281 g/mol. The van der Waals surface area contributed by atoms with Gasteiger partial charge in [-0.1, -0.05) is 6.07 Å². The highest BCUT2D eigenvalue weighted by Gasteiger charge is 2.25. The number of hydrogen-bond donors (Lipinski definition) is 0. The van der Waals surface area contributed by atoms with Crippen LogP contribution in [-0.2, 0) is 0 Å². The quantitative estimate of drug-likeness (QED) is 0.711. The summed E-state index contributed by atoms with van der Waals surface area (Å²) in [5, 5.41) is 4.30. The van der Waals surface area contributed by atoms with Gasteiger partial charge in [0.15, 0.2) is 0 Å². The minimum Gasteiger partial charge on any atom is -0.354 e. The van der Waals surface area contributed by atoms with Gasteiger partial charge >= 0.3 is 0 Å². The predicted molar refractivity (Wildman–Crippen MR) is 79.6 cm³/mol. The molecule has 0 N–H and O–H groups in total. The van der Waals surface area contributed by atoms with Crippen LogP contribution in [0.3, 0.4) is 0 Å². The molecule has 0 radical (unpaired) electrons. The molecule has 1 aliphatic rings. The second kappa shape index (κ2) is 4.73. The first kappa shape index (κ1) is 12.1. The Morgan fingerprint density at radius 1 is 1.19 bits per heavy atom. The van der Waals surface area contributed by atoms with Gasteiger partial charge in [0.05, 0.1) is 6.04 Å². The molecule has 1 aliphatic heterocycles. The third-order valence-electron chi connectivity index (χ3n) is 3.94. The Kier molecular flexibility index (Phi) is 2.73. The minimum absolute atomic E-state index is 0.0434. The molecule has 0 amide bonds. The molecule has 1 atom stereocenters. The van der Waals surface area contributed by atoms with Crippen LogP contribution in [-0.4, -0.2) is 32.3 Å². The Balaban J connectivity index is 1.67. The molecule has 1 saturated heterocycles. The molecule has 21 heavy (non-hydrogen) atoms. The molecule has 3 aromatic heterocycles. The maximum atomic E-state index is 12.1. The van der Waals surface area contributed by atoms with E-state index in [0.717, 1.165) is 25.3 Å². The summed E-state index contributed by atoms with van der Waals surface area (Å²) in [6, 6.07) is 9.46. The predicted octanol–water partition coefficient (Wildman–Crippen LogP) is 1.34. The molecule has 3 aromatic rings. The molecular formula is C15H15N5O. The molecule has 0 spiro atoms. The van der Waals surface area contributed by atoms with Crippen molar-refractivity contribution in [1.82, 2.24) is 19.2 Å². The molecule has 6 heteroatoms. The highest BCUT2D eigenvalue weighted by molar-refractivity contribution is 5.48. The van der Waals surface area contributed by atoms with Gasteiger partial charge in [0.2, 0.25) is 0 Å². The van der Waals surface area contributed by atoms with Crippen LogP contribution in [0.25, 0.3) is 5.65 Å². The van der Waals surface area contributed by atoms with E-state index in [1.54, 1.807) is 22.9 Å². The summed E-state index contributed by atoms with van der Waals surface area (Å²) < 4.78 is 3.54. The van der Waals surface area contributed by atoms with Crippen molar-refractivity contribution in [3.05, 3.63) is 59.3 Å². The van der Waals surface area contributed by atoms with Crippen molar-refractivity contribution in [3.63, 3.8) is 0 Å². The number of fused-ring (bicyclic) bond motifs is 1. The molecule has 0 aromatic carbocycles. The first-order valence-electron chi connectivity index (χ1n) is 7.04. The molecule has 1 fully saturated rings. The van der Waals surface area contributed by atoms with Crippen molar-refractivity contribution in [1.29, 1.82) is 0 Å². The van der Waals surface area contributed by atoms with E-state index in [9.17, 15) is 4.79 Å². The monoisotopic (exact) mass is 281 g/mol. The third kappa shape index (κ3) is 2.08. The summed E-state index contributed by atoms with van der Waals surface area (Å²) in [6.07, 6.45) is 6.53. The largest absolute Gasteiger partial charge is 0.354 e. The van der Waals surface area contributed by atoms with Gasteiger partial charge < -0.3 is 4.90 Å². The van der Waals surface area contributed by atoms with Gasteiger partial charge in [-0.2, -0.15) is 5.10 Å². The zero-order valence-corrected chi connectivity index (χ0v) is 11.5. The molecule has 0 aliphatic carbocycles. The van der Waals surface area contributed by atoms with Crippen molar-refractivity contribution in [2.24, 2.45) is 0 Å². The number of rotatable bonds is 2. The van der Waals surface area contributed by atoms with Gasteiger partial charge in [0.1, 0.15) is 11.5 Å². The van der Waals surface area contributed by atoms with Gasteiger partial charge in [-0.25, -0.2) is 4.98 Å². The van der Waals surface area contributed by atoms with E-state index < -0.39 is 0 Å². The van der Waals surface area contributed by atoms with Crippen LogP contribution in [0.1, 0.15) is 12.5 Å². The van der Waals surface area contributed by atoms with E-state index in [-0.39, 0.29) is 5.56 Å². The minimum atomic E-state index is -0.0434. The van der Waals surface area contributed by atoms with Crippen molar-refractivity contribution in [3.8, 4) is 0 Å². The molecule has 106 valence electrons. The fourth-order valence-corrected chi connectivity index (χ4v) is 2.87. The summed E-state index contributed by atoms with van der Waals surface area (Å²) in [6.45, 7) is 1.72.